The molecule has 4 heteroatoms. The summed E-state index contributed by atoms with van der Waals surface area (Å²) in [5.74, 6) is 0.292. The number of hydrogen-bond acceptors (Lipinski definition) is 3. The van der Waals surface area contributed by atoms with E-state index in [1.807, 2.05) is 0 Å². The van der Waals surface area contributed by atoms with Crippen molar-refractivity contribution < 1.29 is 4.92 Å². The van der Waals surface area contributed by atoms with Gasteiger partial charge in [-0.1, -0.05) is 19.3 Å². The molecule has 0 atom stereocenters. The molecule has 1 aliphatic rings. The molecule has 1 aromatic heterocycles. The molecule has 80 valence electrons. The minimum absolute atomic E-state index is 0.185. The van der Waals surface area contributed by atoms with E-state index < -0.39 is 0 Å². The lowest BCUT2D eigenvalue weighted by Crippen LogP contribution is -2.09. The lowest BCUT2D eigenvalue weighted by atomic mass is 9.86. The smallest absolute Gasteiger partial charge is 0.258 e. The van der Waals surface area contributed by atoms with Crippen LogP contribution in [0.5, 0.6) is 0 Å². The van der Waals surface area contributed by atoms with Crippen LogP contribution in [-0.2, 0) is 0 Å². The van der Waals surface area contributed by atoms with Gasteiger partial charge in [-0.15, -0.1) is 0 Å². The minimum atomic E-state index is -0.322. The van der Waals surface area contributed by atoms with Crippen LogP contribution in [0.15, 0.2) is 18.3 Å². The van der Waals surface area contributed by atoms with Crippen LogP contribution in [0.4, 0.5) is 5.69 Å². The molecule has 1 saturated carbocycles. The maximum Gasteiger partial charge on any atom is 0.291 e. The molecule has 0 N–H and O–H groups in total. The zero-order valence-corrected chi connectivity index (χ0v) is 8.56. The van der Waals surface area contributed by atoms with E-state index in [1.165, 1.54) is 19.3 Å². The van der Waals surface area contributed by atoms with Crippen LogP contribution in [0.2, 0.25) is 0 Å². The number of nitro groups is 1. The zero-order valence-electron chi connectivity index (χ0n) is 8.56. The van der Waals surface area contributed by atoms with Crippen molar-refractivity contribution >= 4 is 5.69 Å². The summed E-state index contributed by atoms with van der Waals surface area (Å²) in [5.41, 5.74) is 0.867. The third-order valence-corrected chi connectivity index (χ3v) is 3.00. The summed E-state index contributed by atoms with van der Waals surface area (Å²) in [4.78, 5) is 14.7. The van der Waals surface area contributed by atoms with Gasteiger partial charge in [0.25, 0.3) is 5.69 Å². The fraction of sp³-hybridized carbons (Fsp3) is 0.545. The Morgan fingerprint density at radius 3 is 2.73 bits per heavy atom. The lowest BCUT2D eigenvalue weighted by Gasteiger charge is -2.20. The normalized spacial score (nSPS) is 17.6. The van der Waals surface area contributed by atoms with Crippen molar-refractivity contribution in [2.45, 2.75) is 38.0 Å². The van der Waals surface area contributed by atoms with Crippen molar-refractivity contribution in [3.8, 4) is 0 Å². The Bertz CT molecular complexity index is 359. The predicted molar refractivity (Wildman–Crippen MR) is 56.7 cm³/mol. The van der Waals surface area contributed by atoms with Crippen LogP contribution < -0.4 is 0 Å². The average Bonchev–Trinajstić information content (AvgIpc) is 2.30. The summed E-state index contributed by atoms with van der Waals surface area (Å²) in [5, 5.41) is 10.8. The second-order valence-electron chi connectivity index (χ2n) is 4.00. The second kappa shape index (κ2) is 4.38. The second-order valence-corrected chi connectivity index (χ2v) is 4.00. The van der Waals surface area contributed by atoms with Crippen LogP contribution in [-0.4, -0.2) is 9.91 Å². The van der Waals surface area contributed by atoms with Gasteiger partial charge in [-0.05, 0) is 18.9 Å². The fourth-order valence-electron chi connectivity index (χ4n) is 2.25. The summed E-state index contributed by atoms with van der Waals surface area (Å²) in [6.45, 7) is 0. The van der Waals surface area contributed by atoms with Gasteiger partial charge in [0, 0.05) is 18.2 Å². The van der Waals surface area contributed by atoms with Crippen molar-refractivity contribution in [3.63, 3.8) is 0 Å². The van der Waals surface area contributed by atoms with Gasteiger partial charge in [0.15, 0.2) is 0 Å². The topological polar surface area (TPSA) is 56.0 Å². The number of rotatable bonds is 2. The van der Waals surface area contributed by atoms with Crippen LogP contribution in [0, 0.1) is 10.1 Å². The number of nitrogens with zero attached hydrogens (tertiary/aromatic N) is 2. The minimum Gasteiger partial charge on any atom is -0.258 e. The highest BCUT2D eigenvalue weighted by molar-refractivity contribution is 5.37. The highest BCUT2D eigenvalue weighted by atomic mass is 16.6. The summed E-state index contributed by atoms with van der Waals surface area (Å²) < 4.78 is 0. The molecule has 1 aliphatic carbocycles. The molecule has 0 saturated heterocycles. The molecule has 0 bridgehead atoms. The molecular weight excluding hydrogens is 192 g/mol. The maximum absolute atomic E-state index is 10.8. The molecular formula is C11H14N2O2. The van der Waals surface area contributed by atoms with Crippen molar-refractivity contribution in [1.29, 1.82) is 0 Å². The van der Waals surface area contributed by atoms with Crippen LogP contribution >= 0.6 is 0 Å². The van der Waals surface area contributed by atoms with E-state index in [-0.39, 0.29) is 10.6 Å². The van der Waals surface area contributed by atoms with Crippen LogP contribution in [0.25, 0.3) is 0 Å². The quantitative estimate of drug-likeness (QED) is 0.552. The Labute approximate surface area is 88.5 Å². The number of pyridine rings is 1. The van der Waals surface area contributed by atoms with Crippen LogP contribution in [0.1, 0.15) is 43.7 Å². The molecule has 4 nitrogen and oxygen atoms in total. The van der Waals surface area contributed by atoms with E-state index >= 15 is 0 Å². The van der Waals surface area contributed by atoms with Gasteiger partial charge in [-0.3, -0.25) is 15.1 Å². The molecule has 0 spiro atoms. The summed E-state index contributed by atoms with van der Waals surface area (Å²) in [7, 11) is 0. The molecule has 0 unspecified atom stereocenters. The predicted octanol–water partition coefficient (Wildman–Crippen LogP) is 3.04. The lowest BCUT2D eigenvalue weighted by molar-refractivity contribution is -0.386. The monoisotopic (exact) mass is 206 g/mol. The molecule has 2 rings (SSSR count). The Balaban J connectivity index is 2.29. The van der Waals surface area contributed by atoms with Gasteiger partial charge in [0.05, 0.1) is 4.92 Å². The molecule has 1 heterocycles. The fourth-order valence-corrected chi connectivity index (χ4v) is 2.25. The van der Waals surface area contributed by atoms with E-state index in [2.05, 4.69) is 4.98 Å². The van der Waals surface area contributed by atoms with E-state index in [1.54, 1.807) is 18.3 Å². The first-order valence-corrected chi connectivity index (χ1v) is 5.38. The summed E-state index contributed by atoms with van der Waals surface area (Å²) in [6.07, 6.45) is 7.31. The Morgan fingerprint density at radius 2 is 2.07 bits per heavy atom. The molecule has 1 fully saturated rings. The largest absolute Gasteiger partial charge is 0.291 e. The van der Waals surface area contributed by atoms with Gasteiger partial charge in [-0.25, -0.2) is 0 Å². The molecule has 0 amide bonds. The highest BCUT2D eigenvalue weighted by Crippen LogP contribution is 2.35. The average molecular weight is 206 g/mol. The maximum atomic E-state index is 10.8. The van der Waals surface area contributed by atoms with E-state index in [0.717, 1.165) is 12.8 Å². The third kappa shape index (κ3) is 2.14. The highest BCUT2D eigenvalue weighted by Gasteiger charge is 2.24. The third-order valence-electron chi connectivity index (χ3n) is 3.00. The van der Waals surface area contributed by atoms with Gasteiger partial charge in [0.1, 0.15) is 5.69 Å². The van der Waals surface area contributed by atoms with Crippen molar-refractivity contribution in [1.82, 2.24) is 4.98 Å². The van der Waals surface area contributed by atoms with E-state index in [9.17, 15) is 10.1 Å². The van der Waals surface area contributed by atoms with Gasteiger partial charge in [0.2, 0.25) is 0 Å². The number of hydrogen-bond donors (Lipinski definition) is 0. The zero-order chi connectivity index (χ0) is 10.7. The SMILES string of the molecule is O=[N+]([O-])c1cccnc1C1CCCCC1. The van der Waals surface area contributed by atoms with Crippen molar-refractivity contribution in [2.75, 3.05) is 0 Å². The Hall–Kier alpha value is -1.45. The first-order valence-electron chi connectivity index (χ1n) is 5.38. The van der Waals surface area contributed by atoms with Crippen molar-refractivity contribution in [2.24, 2.45) is 0 Å². The Kier molecular flexibility index (Phi) is 2.94. The molecule has 0 radical (unpaired) electrons. The van der Waals surface area contributed by atoms with Gasteiger partial charge < -0.3 is 0 Å². The van der Waals surface area contributed by atoms with Gasteiger partial charge in [-0.2, -0.15) is 0 Å². The molecule has 0 aliphatic heterocycles. The van der Waals surface area contributed by atoms with E-state index in [0.29, 0.717) is 11.6 Å². The molecule has 1 aromatic rings. The van der Waals surface area contributed by atoms with Crippen molar-refractivity contribution in [3.05, 3.63) is 34.1 Å². The first kappa shape index (κ1) is 10.1. The first-order chi connectivity index (χ1) is 7.29. The number of aromatic nitrogens is 1. The standard InChI is InChI=1S/C11H14N2O2/c14-13(15)10-7-4-8-12-11(10)9-5-2-1-3-6-9/h4,7-9H,1-3,5-6H2. The summed E-state index contributed by atoms with van der Waals surface area (Å²) in [6, 6.07) is 3.18. The van der Waals surface area contributed by atoms with Crippen LogP contribution in [0.3, 0.4) is 0 Å². The van der Waals surface area contributed by atoms with Gasteiger partial charge >= 0.3 is 0 Å². The molecule has 15 heavy (non-hydrogen) atoms. The summed E-state index contributed by atoms with van der Waals surface area (Å²) >= 11 is 0. The van der Waals surface area contributed by atoms with E-state index in [4.69, 9.17) is 0 Å². The molecule has 0 aromatic carbocycles. The Morgan fingerprint density at radius 1 is 1.33 bits per heavy atom.